The van der Waals surface area contributed by atoms with Gasteiger partial charge in [-0.1, -0.05) is 36.4 Å². The van der Waals surface area contributed by atoms with Crippen LogP contribution in [0.3, 0.4) is 0 Å². The van der Waals surface area contributed by atoms with E-state index in [4.69, 9.17) is 9.47 Å². The van der Waals surface area contributed by atoms with Crippen LogP contribution in [0, 0.1) is 0 Å². The Balaban J connectivity index is 1.24. The summed E-state index contributed by atoms with van der Waals surface area (Å²) in [6, 6.07) is 17.7. The Bertz CT molecular complexity index is 1450. The molecule has 1 amide bonds. The maximum atomic E-state index is 13.3. The van der Waals surface area contributed by atoms with Crippen LogP contribution in [0.5, 0.6) is 11.5 Å². The van der Waals surface area contributed by atoms with Crippen molar-refractivity contribution in [3.63, 3.8) is 0 Å². The van der Waals surface area contributed by atoms with Crippen LogP contribution in [0.25, 0.3) is 20.7 Å². The second-order valence-electron chi connectivity index (χ2n) is 8.87. The fraction of sp³-hybridized carbons (Fsp3) is 0.296. The Kier molecular flexibility index (Phi) is 5.74. The first-order valence-corrected chi connectivity index (χ1v) is 12.7. The van der Waals surface area contributed by atoms with Gasteiger partial charge in [-0.3, -0.25) is 14.2 Å². The number of hydrogen-bond donors (Lipinski definition) is 0. The summed E-state index contributed by atoms with van der Waals surface area (Å²) in [4.78, 5) is 34.6. The number of nitrogens with zero attached hydrogens (tertiary/aromatic N) is 3. The molecule has 2 aromatic heterocycles. The van der Waals surface area contributed by atoms with E-state index in [1.54, 1.807) is 0 Å². The van der Waals surface area contributed by atoms with Crippen molar-refractivity contribution in [2.24, 2.45) is 0 Å². The van der Waals surface area contributed by atoms with Gasteiger partial charge in [0, 0.05) is 17.8 Å². The summed E-state index contributed by atoms with van der Waals surface area (Å²) in [6.45, 7) is 1.90. The van der Waals surface area contributed by atoms with Gasteiger partial charge in [-0.2, -0.15) is 0 Å². The van der Waals surface area contributed by atoms with Crippen LogP contribution in [0.1, 0.15) is 30.9 Å². The minimum absolute atomic E-state index is 0.0284. The number of likely N-dealkylation sites (tertiary alicyclic amines) is 1. The lowest BCUT2D eigenvalue weighted by Crippen LogP contribution is -2.36. The first-order chi connectivity index (χ1) is 17.2. The van der Waals surface area contributed by atoms with Gasteiger partial charge in [-0.25, -0.2) is 4.98 Å². The number of carbonyl (C=O) groups is 1. The van der Waals surface area contributed by atoms with Gasteiger partial charge < -0.3 is 14.4 Å². The van der Waals surface area contributed by atoms with Crippen molar-refractivity contribution in [3.05, 3.63) is 76.8 Å². The molecule has 0 saturated carbocycles. The molecule has 1 atom stereocenters. The number of benzene rings is 2. The molecular weight excluding hydrogens is 462 g/mol. The minimum atomic E-state index is -0.187. The summed E-state index contributed by atoms with van der Waals surface area (Å²) < 4.78 is 13.0. The normalized spacial score (nSPS) is 17.5. The van der Waals surface area contributed by atoms with Gasteiger partial charge >= 0.3 is 0 Å². The molecular formula is C27H25N3O4S. The van der Waals surface area contributed by atoms with Crippen molar-refractivity contribution in [3.8, 4) is 21.9 Å². The summed E-state index contributed by atoms with van der Waals surface area (Å²) >= 11 is 1.49. The average molecular weight is 488 g/mol. The summed E-state index contributed by atoms with van der Waals surface area (Å²) in [5, 5.41) is 0.546. The van der Waals surface area contributed by atoms with Gasteiger partial charge in [0.15, 0.2) is 11.5 Å². The van der Waals surface area contributed by atoms with E-state index >= 15 is 0 Å². The Morgan fingerprint density at radius 2 is 1.86 bits per heavy atom. The summed E-state index contributed by atoms with van der Waals surface area (Å²) in [7, 11) is 0. The van der Waals surface area contributed by atoms with Crippen LogP contribution in [0.4, 0.5) is 0 Å². The second-order valence-corrected chi connectivity index (χ2v) is 9.91. The van der Waals surface area contributed by atoms with Crippen LogP contribution in [0.2, 0.25) is 0 Å². The van der Waals surface area contributed by atoms with Gasteiger partial charge in [-0.05, 0) is 42.2 Å². The molecule has 178 valence electrons. The summed E-state index contributed by atoms with van der Waals surface area (Å²) in [5.74, 6) is 1.40. The number of rotatable bonds is 4. The summed E-state index contributed by atoms with van der Waals surface area (Å²) in [6.07, 6.45) is 4.14. The number of hydrogen-bond acceptors (Lipinski definition) is 6. The fourth-order valence-electron chi connectivity index (χ4n) is 4.85. The molecule has 1 fully saturated rings. The highest BCUT2D eigenvalue weighted by atomic mass is 32.1. The number of amides is 1. The number of thiophene rings is 1. The van der Waals surface area contributed by atoms with Gasteiger partial charge in [0.2, 0.25) is 5.91 Å². The molecule has 0 unspecified atom stereocenters. The smallest absolute Gasteiger partial charge is 0.262 e. The maximum absolute atomic E-state index is 13.3. The number of fused-ring (bicyclic) bond motifs is 2. The molecule has 8 heteroatoms. The predicted octanol–water partition coefficient (Wildman–Crippen LogP) is 4.65. The van der Waals surface area contributed by atoms with Crippen molar-refractivity contribution in [2.75, 3.05) is 19.8 Å². The lowest BCUT2D eigenvalue weighted by Gasteiger charge is -2.26. The van der Waals surface area contributed by atoms with Crippen molar-refractivity contribution in [2.45, 2.75) is 31.8 Å². The maximum Gasteiger partial charge on any atom is 0.262 e. The first kappa shape index (κ1) is 21.9. The Morgan fingerprint density at radius 1 is 1.03 bits per heavy atom. The van der Waals surface area contributed by atoms with E-state index in [2.05, 4.69) is 4.98 Å². The summed E-state index contributed by atoms with van der Waals surface area (Å²) in [5.41, 5.74) is 1.90. The van der Waals surface area contributed by atoms with E-state index in [1.165, 1.54) is 22.2 Å². The standard InChI is InChI=1S/C27H25N3O4S/c31-25(30-11-4-8-21(30)19-9-10-22-23(14-19)34-13-5-12-33-22)16-29-17-28-26-20(27(29)32)15-24(35-26)18-6-2-1-3-7-18/h1-3,6-7,9-10,14-15,17,21H,4-5,8,11-13,16H2/t21-/m0/s1. The molecule has 1 saturated heterocycles. The third-order valence-electron chi connectivity index (χ3n) is 6.61. The second kappa shape index (κ2) is 9.19. The molecule has 0 spiro atoms. The van der Waals surface area contributed by atoms with Gasteiger partial charge in [0.25, 0.3) is 5.56 Å². The van der Waals surface area contributed by atoms with E-state index in [1.807, 2.05) is 59.5 Å². The molecule has 0 aliphatic carbocycles. The molecule has 4 heterocycles. The molecule has 4 aromatic rings. The Labute approximate surface area is 206 Å². The van der Waals surface area contributed by atoms with Gasteiger partial charge in [-0.15, -0.1) is 11.3 Å². The molecule has 0 radical (unpaired) electrons. The van der Waals surface area contributed by atoms with Crippen molar-refractivity contribution < 1.29 is 14.3 Å². The molecule has 2 aromatic carbocycles. The molecule has 0 bridgehead atoms. The SMILES string of the molecule is O=C(Cn1cnc2sc(-c3ccccc3)cc2c1=O)N1CCC[C@H]1c1ccc2c(c1)OCCCO2. The van der Waals surface area contributed by atoms with Crippen LogP contribution >= 0.6 is 11.3 Å². The van der Waals surface area contributed by atoms with Crippen LogP contribution in [-0.4, -0.2) is 40.1 Å². The molecule has 35 heavy (non-hydrogen) atoms. The highest BCUT2D eigenvalue weighted by Crippen LogP contribution is 2.38. The number of ether oxygens (including phenoxy) is 2. The monoisotopic (exact) mass is 487 g/mol. The van der Waals surface area contributed by atoms with Crippen LogP contribution in [-0.2, 0) is 11.3 Å². The average Bonchev–Trinajstić information content (AvgIpc) is 3.49. The zero-order valence-corrected chi connectivity index (χ0v) is 20.0. The number of aromatic nitrogens is 2. The minimum Gasteiger partial charge on any atom is -0.490 e. The van der Waals surface area contributed by atoms with E-state index in [0.29, 0.717) is 30.0 Å². The molecule has 0 N–H and O–H groups in total. The van der Waals surface area contributed by atoms with Crippen LogP contribution in [0.15, 0.2) is 65.7 Å². The lowest BCUT2D eigenvalue weighted by atomic mass is 10.0. The quantitative estimate of drug-likeness (QED) is 0.419. The lowest BCUT2D eigenvalue weighted by molar-refractivity contribution is -0.132. The first-order valence-electron chi connectivity index (χ1n) is 11.9. The van der Waals surface area contributed by atoms with E-state index in [9.17, 15) is 9.59 Å². The topological polar surface area (TPSA) is 73.7 Å². The zero-order valence-electron chi connectivity index (χ0n) is 19.2. The molecule has 2 aliphatic rings. The van der Waals surface area contributed by atoms with Gasteiger partial charge in [0.1, 0.15) is 11.4 Å². The molecule has 6 rings (SSSR count). The molecule has 2 aliphatic heterocycles. The number of carbonyl (C=O) groups excluding carboxylic acids is 1. The van der Waals surface area contributed by atoms with Gasteiger partial charge in [0.05, 0.1) is 31.0 Å². The molecule has 7 nitrogen and oxygen atoms in total. The third kappa shape index (κ3) is 4.18. The van der Waals surface area contributed by atoms with E-state index < -0.39 is 0 Å². The highest BCUT2D eigenvalue weighted by molar-refractivity contribution is 7.21. The van der Waals surface area contributed by atoms with E-state index in [0.717, 1.165) is 46.8 Å². The third-order valence-corrected chi connectivity index (χ3v) is 7.70. The van der Waals surface area contributed by atoms with E-state index in [-0.39, 0.29) is 24.1 Å². The van der Waals surface area contributed by atoms with Crippen molar-refractivity contribution >= 4 is 27.5 Å². The Morgan fingerprint density at radius 3 is 2.71 bits per heavy atom. The fourth-order valence-corrected chi connectivity index (χ4v) is 5.85. The largest absolute Gasteiger partial charge is 0.490 e. The Hall–Kier alpha value is -3.65. The highest BCUT2D eigenvalue weighted by Gasteiger charge is 2.31. The van der Waals surface area contributed by atoms with Crippen molar-refractivity contribution in [1.82, 2.24) is 14.5 Å². The predicted molar refractivity (Wildman–Crippen MR) is 135 cm³/mol. The van der Waals surface area contributed by atoms with Crippen molar-refractivity contribution in [1.29, 1.82) is 0 Å². The zero-order chi connectivity index (χ0) is 23.8. The van der Waals surface area contributed by atoms with Crippen LogP contribution < -0.4 is 15.0 Å².